The minimum Gasteiger partial charge on any atom is -0.467 e. The molecule has 0 heterocycles. The number of rotatable bonds is 6. The van der Waals surface area contributed by atoms with Crippen molar-refractivity contribution in [1.82, 2.24) is 5.32 Å². The normalized spacial score (nSPS) is 11.3. The molecule has 7 nitrogen and oxygen atoms in total. The van der Waals surface area contributed by atoms with Gasteiger partial charge < -0.3 is 10.1 Å². The molecule has 1 atom stereocenters. The van der Waals surface area contributed by atoms with Crippen molar-refractivity contribution >= 4 is 17.6 Å². The molecule has 140 valence electrons. The SMILES string of the molecule is COC(=O)C(Cc1ccc(N=[N+]=[N-])cc1)NC(=O)c1c(C)cc(C)cc1C. The van der Waals surface area contributed by atoms with Gasteiger partial charge in [0.05, 0.1) is 7.11 Å². The van der Waals surface area contributed by atoms with Crippen LogP contribution < -0.4 is 5.32 Å². The Kier molecular flexibility index (Phi) is 6.57. The number of hydrogen-bond donors (Lipinski definition) is 1. The number of nitrogens with zero attached hydrogens (tertiary/aromatic N) is 3. The third-order valence-corrected chi connectivity index (χ3v) is 4.23. The summed E-state index contributed by atoms with van der Waals surface area (Å²) in [6.07, 6.45) is 0.263. The zero-order valence-electron chi connectivity index (χ0n) is 15.8. The van der Waals surface area contributed by atoms with Crippen LogP contribution in [-0.4, -0.2) is 25.0 Å². The molecule has 0 spiro atoms. The second kappa shape index (κ2) is 8.87. The van der Waals surface area contributed by atoms with Gasteiger partial charge in [-0.15, -0.1) is 0 Å². The largest absolute Gasteiger partial charge is 0.467 e. The molecule has 0 aliphatic rings. The summed E-state index contributed by atoms with van der Waals surface area (Å²) in [5, 5.41) is 6.29. The van der Waals surface area contributed by atoms with Crippen LogP contribution in [0.2, 0.25) is 0 Å². The fourth-order valence-electron chi connectivity index (χ4n) is 3.09. The van der Waals surface area contributed by atoms with Crippen LogP contribution in [0.25, 0.3) is 10.4 Å². The van der Waals surface area contributed by atoms with E-state index in [1.807, 2.05) is 32.9 Å². The van der Waals surface area contributed by atoms with E-state index in [0.29, 0.717) is 11.3 Å². The Morgan fingerprint density at radius 3 is 2.26 bits per heavy atom. The van der Waals surface area contributed by atoms with Gasteiger partial charge in [-0.25, -0.2) is 4.79 Å². The van der Waals surface area contributed by atoms with Crippen LogP contribution in [-0.2, 0) is 16.0 Å². The average molecular weight is 366 g/mol. The fraction of sp³-hybridized carbons (Fsp3) is 0.300. The second-order valence-electron chi connectivity index (χ2n) is 6.38. The highest BCUT2D eigenvalue weighted by molar-refractivity contribution is 5.99. The minimum atomic E-state index is -0.826. The average Bonchev–Trinajstić information content (AvgIpc) is 2.61. The number of nitrogens with one attached hydrogen (secondary N) is 1. The number of hydrogen-bond acceptors (Lipinski definition) is 4. The van der Waals surface area contributed by atoms with Crippen LogP contribution in [0.3, 0.4) is 0 Å². The minimum absolute atomic E-state index is 0.263. The highest BCUT2D eigenvalue weighted by Crippen LogP contribution is 2.18. The molecule has 27 heavy (non-hydrogen) atoms. The van der Waals surface area contributed by atoms with Crippen molar-refractivity contribution < 1.29 is 14.3 Å². The molecule has 2 aromatic rings. The molecule has 1 amide bonds. The molecule has 0 aliphatic carbocycles. The quantitative estimate of drug-likeness (QED) is 0.360. The molecule has 1 unspecified atom stereocenters. The van der Waals surface area contributed by atoms with E-state index in [2.05, 4.69) is 15.3 Å². The summed E-state index contributed by atoms with van der Waals surface area (Å²) in [6, 6.07) is 9.84. The smallest absolute Gasteiger partial charge is 0.328 e. The number of aryl methyl sites for hydroxylation is 3. The van der Waals surface area contributed by atoms with E-state index in [-0.39, 0.29) is 12.3 Å². The third kappa shape index (κ3) is 5.09. The van der Waals surface area contributed by atoms with Gasteiger partial charge >= 0.3 is 5.97 Å². The predicted octanol–water partition coefficient (Wildman–Crippen LogP) is 4.07. The Balaban J connectivity index is 2.23. The molecule has 0 saturated heterocycles. The number of esters is 1. The van der Waals surface area contributed by atoms with Gasteiger partial charge in [-0.05, 0) is 43.0 Å². The number of amides is 1. The molecule has 2 aromatic carbocycles. The van der Waals surface area contributed by atoms with Gasteiger partial charge in [0.2, 0.25) is 0 Å². The number of carbonyl (C=O) groups excluding carboxylic acids is 2. The van der Waals surface area contributed by atoms with E-state index in [4.69, 9.17) is 10.3 Å². The first kappa shape index (κ1) is 20.0. The summed E-state index contributed by atoms with van der Waals surface area (Å²) in [7, 11) is 1.29. The Bertz CT molecular complexity index is 877. The van der Waals surface area contributed by atoms with Gasteiger partial charge in [-0.3, -0.25) is 4.79 Å². The van der Waals surface area contributed by atoms with Crippen LogP contribution in [0.4, 0.5) is 5.69 Å². The van der Waals surface area contributed by atoms with Gasteiger partial charge in [0.1, 0.15) is 6.04 Å². The van der Waals surface area contributed by atoms with Crippen molar-refractivity contribution in [2.24, 2.45) is 5.11 Å². The summed E-state index contributed by atoms with van der Waals surface area (Å²) in [6.45, 7) is 5.71. The van der Waals surface area contributed by atoms with Crippen molar-refractivity contribution in [1.29, 1.82) is 0 Å². The lowest BCUT2D eigenvalue weighted by Crippen LogP contribution is -2.43. The Morgan fingerprint density at radius 1 is 1.15 bits per heavy atom. The maximum absolute atomic E-state index is 12.8. The van der Waals surface area contributed by atoms with Crippen LogP contribution >= 0.6 is 0 Å². The molecule has 0 aromatic heterocycles. The van der Waals surface area contributed by atoms with Crippen LogP contribution in [0.15, 0.2) is 41.5 Å². The summed E-state index contributed by atoms with van der Waals surface area (Å²) >= 11 is 0. The fourth-order valence-corrected chi connectivity index (χ4v) is 3.09. The maximum Gasteiger partial charge on any atom is 0.328 e. The van der Waals surface area contributed by atoms with Crippen molar-refractivity contribution in [2.75, 3.05) is 7.11 Å². The molecule has 1 N–H and O–H groups in total. The van der Waals surface area contributed by atoms with Crippen LogP contribution in [0.5, 0.6) is 0 Å². The highest BCUT2D eigenvalue weighted by atomic mass is 16.5. The number of azide groups is 1. The van der Waals surface area contributed by atoms with Crippen molar-refractivity contribution in [2.45, 2.75) is 33.2 Å². The van der Waals surface area contributed by atoms with E-state index in [9.17, 15) is 9.59 Å². The van der Waals surface area contributed by atoms with E-state index < -0.39 is 12.0 Å². The number of carbonyl (C=O) groups is 2. The molecule has 0 aliphatic heterocycles. The molecule has 0 saturated carbocycles. The molecule has 0 radical (unpaired) electrons. The zero-order chi connectivity index (χ0) is 20.0. The number of benzene rings is 2. The molecule has 0 fully saturated rings. The number of ether oxygens (including phenoxy) is 1. The first-order valence-electron chi connectivity index (χ1n) is 8.46. The van der Waals surface area contributed by atoms with E-state index in [0.717, 1.165) is 22.3 Å². The van der Waals surface area contributed by atoms with Gasteiger partial charge in [0.25, 0.3) is 5.91 Å². The molecular formula is C20H22N4O3. The summed E-state index contributed by atoms with van der Waals surface area (Å²) < 4.78 is 4.84. The van der Waals surface area contributed by atoms with Crippen molar-refractivity contribution in [3.8, 4) is 0 Å². The highest BCUT2D eigenvalue weighted by Gasteiger charge is 2.24. The lowest BCUT2D eigenvalue weighted by atomic mass is 9.98. The molecule has 7 heteroatoms. The molecular weight excluding hydrogens is 344 g/mol. The van der Waals surface area contributed by atoms with E-state index >= 15 is 0 Å². The third-order valence-electron chi connectivity index (χ3n) is 4.23. The summed E-state index contributed by atoms with van der Waals surface area (Å²) in [4.78, 5) is 27.7. The van der Waals surface area contributed by atoms with E-state index in [1.165, 1.54) is 7.11 Å². The first-order chi connectivity index (χ1) is 12.8. The van der Waals surface area contributed by atoms with Crippen molar-refractivity contribution in [3.63, 3.8) is 0 Å². The topological polar surface area (TPSA) is 104 Å². The van der Waals surface area contributed by atoms with Gasteiger partial charge in [-0.2, -0.15) is 0 Å². The zero-order valence-corrected chi connectivity index (χ0v) is 15.8. The Morgan fingerprint density at radius 2 is 1.74 bits per heavy atom. The van der Waals surface area contributed by atoms with Crippen LogP contribution in [0.1, 0.15) is 32.6 Å². The number of methoxy groups -OCH3 is 1. The monoisotopic (exact) mass is 366 g/mol. The Labute approximate surface area is 158 Å². The Hall–Kier alpha value is -3.31. The maximum atomic E-state index is 12.8. The van der Waals surface area contributed by atoms with Gasteiger partial charge in [0.15, 0.2) is 0 Å². The van der Waals surface area contributed by atoms with Gasteiger partial charge in [0, 0.05) is 22.6 Å². The standard InChI is InChI=1S/C20H22N4O3/c1-12-9-13(2)18(14(3)10-12)19(25)22-17(20(26)27-4)11-15-5-7-16(8-6-15)23-24-21/h5-10,17H,11H2,1-4H3,(H,22,25). The first-order valence-corrected chi connectivity index (χ1v) is 8.46. The van der Waals surface area contributed by atoms with E-state index in [1.54, 1.807) is 24.3 Å². The van der Waals surface area contributed by atoms with Crippen LogP contribution in [0, 0.1) is 20.8 Å². The lowest BCUT2D eigenvalue weighted by molar-refractivity contribution is -0.142. The molecule has 0 bridgehead atoms. The summed E-state index contributed by atoms with van der Waals surface area (Å²) in [5.41, 5.74) is 13.1. The van der Waals surface area contributed by atoms with Gasteiger partial charge in [-0.1, -0.05) is 47.1 Å². The summed E-state index contributed by atoms with van der Waals surface area (Å²) in [5.74, 6) is -0.837. The lowest BCUT2D eigenvalue weighted by Gasteiger charge is -2.18. The van der Waals surface area contributed by atoms with Crippen molar-refractivity contribution in [3.05, 3.63) is 74.7 Å². The second-order valence-corrected chi connectivity index (χ2v) is 6.38. The predicted molar refractivity (Wildman–Crippen MR) is 103 cm³/mol. The molecule has 2 rings (SSSR count).